The standard InChI is InChI=1S/C7H13NO.H2/c1-6-4-2-3-5-8-7(6)9;/h6H,2-5H2,1H3,(H,8,9);1H. The van der Waals surface area contributed by atoms with Gasteiger partial charge in [-0.2, -0.15) is 0 Å². The molecule has 0 aromatic heterocycles. The first-order valence-corrected chi connectivity index (χ1v) is 3.58. The summed E-state index contributed by atoms with van der Waals surface area (Å²) in [7, 11) is 0. The fraction of sp³-hybridized carbons (Fsp3) is 0.857. The summed E-state index contributed by atoms with van der Waals surface area (Å²) in [6.07, 6.45) is 3.40. The summed E-state index contributed by atoms with van der Waals surface area (Å²) in [5.41, 5.74) is 0. The highest BCUT2D eigenvalue weighted by Gasteiger charge is 2.14. The molecule has 1 fully saturated rings. The van der Waals surface area contributed by atoms with Crippen molar-refractivity contribution in [3.05, 3.63) is 0 Å². The number of carbonyl (C=O) groups is 1. The first-order chi connectivity index (χ1) is 4.30. The number of amides is 1. The highest BCUT2D eigenvalue weighted by molar-refractivity contribution is 5.78. The van der Waals surface area contributed by atoms with Gasteiger partial charge in [0.15, 0.2) is 0 Å². The monoisotopic (exact) mass is 129 g/mol. The summed E-state index contributed by atoms with van der Waals surface area (Å²) < 4.78 is 0. The minimum absolute atomic E-state index is 0. The molecule has 0 aromatic carbocycles. The van der Waals surface area contributed by atoms with Crippen LogP contribution < -0.4 is 5.32 Å². The molecule has 0 bridgehead atoms. The van der Waals surface area contributed by atoms with E-state index < -0.39 is 0 Å². The van der Waals surface area contributed by atoms with Gasteiger partial charge in [-0.25, -0.2) is 0 Å². The normalized spacial score (nSPS) is 29.0. The summed E-state index contributed by atoms with van der Waals surface area (Å²) >= 11 is 0. The quantitative estimate of drug-likeness (QED) is 0.522. The second-order valence-electron chi connectivity index (χ2n) is 2.69. The maximum atomic E-state index is 10.9. The Kier molecular flexibility index (Phi) is 2.09. The smallest absolute Gasteiger partial charge is 0.222 e. The molecular weight excluding hydrogens is 114 g/mol. The molecule has 1 atom stereocenters. The molecule has 1 aliphatic rings. The minimum Gasteiger partial charge on any atom is -0.356 e. The third kappa shape index (κ3) is 1.70. The molecule has 0 radical (unpaired) electrons. The van der Waals surface area contributed by atoms with Gasteiger partial charge in [-0.05, 0) is 12.8 Å². The zero-order valence-electron chi connectivity index (χ0n) is 5.81. The number of rotatable bonds is 0. The maximum Gasteiger partial charge on any atom is 0.222 e. The lowest BCUT2D eigenvalue weighted by Crippen LogP contribution is -2.26. The molecule has 1 saturated heterocycles. The summed E-state index contributed by atoms with van der Waals surface area (Å²) in [4.78, 5) is 10.9. The van der Waals surface area contributed by atoms with E-state index in [1.807, 2.05) is 6.92 Å². The number of hydrogen-bond acceptors (Lipinski definition) is 1. The van der Waals surface area contributed by atoms with E-state index in [9.17, 15) is 4.79 Å². The van der Waals surface area contributed by atoms with Crippen molar-refractivity contribution >= 4 is 5.91 Å². The third-order valence-corrected chi connectivity index (χ3v) is 1.81. The van der Waals surface area contributed by atoms with Crippen LogP contribution in [0.5, 0.6) is 0 Å². The zero-order valence-corrected chi connectivity index (χ0v) is 5.81. The molecule has 1 N–H and O–H groups in total. The van der Waals surface area contributed by atoms with Crippen LogP contribution in [0.3, 0.4) is 0 Å². The lowest BCUT2D eigenvalue weighted by molar-refractivity contribution is -0.124. The Morgan fingerprint density at radius 2 is 2.44 bits per heavy atom. The Labute approximate surface area is 57.1 Å². The number of nitrogens with one attached hydrogen (secondary N) is 1. The van der Waals surface area contributed by atoms with E-state index in [1.54, 1.807) is 0 Å². The van der Waals surface area contributed by atoms with Gasteiger partial charge in [-0.3, -0.25) is 4.79 Å². The van der Waals surface area contributed by atoms with Gasteiger partial charge in [-0.1, -0.05) is 13.3 Å². The summed E-state index contributed by atoms with van der Waals surface area (Å²) in [6, 6.07) is 0. The van der Waals surface area contributed by atoms with Crippen molar-refractivity contribution in [2.24, 2.45) is 5.92 Å². The molecule has 54 valence electrons. The van der Waals surface area contributed by atoms with Crippen LogP contribution in [0.4, 0.5) is 0 Å². The Morgan fingerprint density at radius 1 is 1.67 bits per heavy atom. The van der Waals surface area contributed by atoms with Crippen LogP contribution in [0.15, 0.2) is 0 Å². The van der Waals surface area contributed by atoms with Crippen molar-refractivity contribution in [1.29, 1.82) is 0 Å². The molecule has 0 aromatic rings. The van der Waals surface area contributed by atoms with Gasteiger partial charge < -0.3 is 5.32 Å². The third-order valence-electron chi connectivity index (χ3n) is 1.81. The van der Waals surface area contributed by atoms with E-state index in [0.717, 1.165) is 19.4 Å². The van der Waals surface area contributed by atoms with E-state index >= 15 is 0 Å². The van der Waals surface area contributed by atoms with Gasteiger partial charge in [0.25, 0.3) is 0 Å². The van der Waals surface area contributed by atoms with Gasteiger partial charge >= 0.3 is 0 Å². The van der Waals surface area contributed by atoms with Crippen molar-refractivity contribution in [3.8, 4) is 0 Å². The predicted molar refractivity (Wildman–Crippen MR) is 38.1 cm³/mol. The van der Waals surface area contributed by atoms with Crippen LogP contribution in [0.1, 0.15) is 27.6 Å². The molecule has 1 aliphatic heterocycles. The summed E-state index contributed by atoms with van der Waals surface area (Å²) in [5.74, 6) is 0.472. The molecule has 0 saturated carbocycles. The first kappa shape index (κ1) is 6.59. The first-order valence-electron chi connectivity index (χ1n) is 3.58. The second kappa shape index (κ2) is 2.85. The van der Waals surface area contributed by atoms with Crippen molar-refractivity contribution < 1.29 is 6.22 Å². The largest absolute Gasteiger partial charge is 0.356 e. The topological polar surface area (TPSA) is 29.1 Å². The van der Waals surface area contributed by atoms with Crippen molar-refractivity contribution in [1.82, 2.24) is 5.32 Å². The molecule has 0 spiro atoms. The van der Waals surface area contributed by atoms with E-state index in [1.165, 1.54) is 6.42 Å². The van der Waals surface area contributed by atoms with Gasteiger partial charge in [0.2, 0.25) is 5.91 Å². The highest BCUT2D eigenvalue weighted by atomic mass is 16.1. The van der Waals surface area contributed by atoms with Gasteiger partial charge in [0.05, 0.1) is 0 Å². The van der Waals surface area contributed by atoms with Crippen molar-refractivity contribution in [2.45, 2.75) is 26.2 Å². The molecule has 0 aliphatic carbocycles. The molecule has 2 heteroatoms. The van der Waals surface area contributed by atoms with E-state index in [0.29, 0.717) is 0 Å². The Morgan fingerprint density at radius 3 is 3.22 bits per heavy atom. The fourth-order valence-electron chi connectivity index (χ4n) is 1.09. The molecular formula is C7H15NO. The number of carbonyl (C=O) groups excluding carboxylic acids is 1. The fourth-order valence-corrected chi connectivity index (χ4v) is 1.09. The molecule has 1 heterocycles. The van der Waals surface area contributed by atoms with Crippen LogP contribution >= 0.6 is 0 Å². The summed E-state index contributed by atoms with van der Waals surface area (Å²) in [5, 5.41) is 2.86. The van der Waals surface area contributed by atoms with E-state index in [2.05, 4.69) is 5.32 Å². The zero-order chi connectivity index (χ0) is 6.69. The lowest BCUT2D eigenvalue weighted by atomic mass is 10.1. The van der Waals surface area contributed by atoms with Crippen LogP contribution in [0.2, 0.25) is 0 Å². The molecule has 1 unspecified atom stereocenters. The highest BCUT2D eigenvalue weighted by Crippen LogP contribution is 2.10. The Balaban J connectivity index is 0.000000810. The average molecular weight is 129 g/mol. The van der Waals surface area contributed by atoms with Crippen LogP contribution in [0.25, 0.3) is 0 Å². The minimum atomic E-state index is 0. The SMILES string of the molecule is CC1CCCCNC1=O.[HH]. The predicted octanol–water partition coefficient (Wildman–Crippen LogP) is 1.17. The Hall–Kier alpha value is -0.530. The molecule has 9 heavy (non-hydrogen) atoms. The van der Waals surface area contributed by atoms with Crippen LogP contribution in [-0.4, -0.2) is 12.5 Å². The van der Waals surface area contributed by atoms with E-state index in [-0.39, 0.29) is 13.3 Å². The Bertz CT molecular complexity index is 116. The second-order valence-corrected chi connectivity index (χ2v) is 2.69. The van der Waals surface area contributed by atoms with Gasteiger partial charge in [-0.15, -0.1) is 0 Å². The average Bonchev–Trinajstić information content (AvgIpc) is 1.99. The van der Waals surface area contributed by atoms with Gasteiger partial charge in [0, 0.05) is 13.9 Å². The molecule has 1 amide bonds. The van der Waals surface area contributed by atoms with Crippen LogP contribution in [0, 0.1) is 5.92 Å². The van der Waals surface area contributed by atoms with Crippen molar-refractivity contribution in [3.63, 3.8) is 0 Å². The molecule has 1 rings (SSSR count). The van der Waals surface area contributed by atoms with Gasteiger partial charge in [0.1, 0.15) is 0 Å². The van der Waals surface area contributed by atoms with Crippen LogP contribution in [-0.2, 0) is 4.79 Å². The molecule has 2 nitrogen and oxygen atoms in total. The number of hydrogen-bond donors (Lipinski definition) is 1. The summed E-state index contributed by atoms with van der Waals surface area (Å²) in [6.45, 7) is 2.86. The van der Waals surface area contributed by atoms with Crippen molar-refractivity contribution in [2.75, 3.05) is 6.54 Å². The maximum absolute atomic E-state index is 10.9. The lowest BCUT2D eigenvalue weighted by Gasteiger charge is -2.03. The van der Waals surface area contributed by atoms with E-state index in [4.69, 9.17) is 0 Å².